The first-order chi connectivity index (χ1) is 9.15. The zero-order valence-corrected chi connectivity index (χ0v) is 12.8. The van der Waals surface area contributed by atoms with Gasteiger partial charge in [-0.1, -0.05) is 22.9 Å². The van der Waals surface area contributed by atoms with Gasteiger partial charge in [-0.3, -0.25) is 4.79 Å². The molecule has 1 unspecified atom stereocenters. The Morgan fingerprint density at radius 2 is 2.37 bits per heavy atom. The number of alkyl halides is 1. The molecule has 0 N–H and O–H groups in total. The molecule has 0 saturated carbocycles. The van der Waals surface area contributed by atoms with Crippen LogP contribution in [0.15, 0.2) is 6.07 Å². The number of aryl methyl sites for hydroxylation is 2. The van der Waals surface area contributed by atoms with Gasteiger partial charge < -0.3 is 9.64 Å². The smallest absolute Gasteiger partial charge is 0.256 e. The molecule has 1 aromatic rings. The second-order valence-electron chi connectivity index (χ2n) is 4.60. The van der Waals surface area contributed by atoms with Crippen molar-refractivity contribution in [3.8, 4) is 0 Å². The Morgan fingerprint density at radius 3 is 3.05 bits per heavy atom. The number of hydrogen-bond donors (Lipinski definition) is 0. The minimum Gasteiger partial charge on any atom is -0.374 e. The summed E-state index contributed by atoms with van der Waals surface area (Å²) in [5.74, 6) is 0.0316. The average Bonchev–Trinajstić information content (AvgIpc) is 2.46. The molecule has 2 heterocycles. The maximum absolute atomic E-state index is 12.6. The number of ether oxygens (including phenoxy) is 1. The van der Waals surface area contributed by atoms with E-state index in [0.717, 1.165) is 16.7 Å². The number of morpholine rings is 1. The van der Waals surface area contributed by atoms with E-state index in [1.807, 2.05) is 24.8 Å². The van der Waals surface area contributed by atoms with Crippen LogP contribution in [0.5, 0.6) is 0 Å². The molecule has 2 rings (SSSR count). The van der Waals surface area contributed by atoms with Crippen LogP contribution >= 0.6 is 15.9 Å². The Morgan fingerprint density at radius 1 is 1.58 bits per heavy atom. The van der Waals surface area contributed by atoms with Crippen molar-refractivity contribution in [2.24, 2.45) is 0 Å². The molecule has 6 heteroatoms. The number of nitrogens with zero attached hydrogens (tertiary/aromatic N) is 3. The van der Waals surface area contributed by atoms with Gasteiger partial charge >= 0.3 is 0 Å². The van der Waals surface area contributed by atoms with Gasteiger partial charge in [0.2, 0.25) is 0 Å². The fraction of sp³-hybridized carbons (Fsp3) is 0.615. The lowest BCUT2D eigenvalue weighted by molar-refractivity contribution is -0.00972. The molecule has 1 atom stereocenters. The van der Waals surface area contributed by atoms with Crippen LogP contribution in [0.1, 0.15) is 28.7 Å². The SMILES string of the molecule is CCc1nnc(C)cc1C(=O)N1CCOC(CBr)C1. The quantitative estimate of drug-likeness (QED) is 0.791. The lowest BCUT2D eigenvalue weighted by Crippen LogP contribution is -2.46. The normalized spacial score (nSPS) is 19.5. The molecule has 1 aliphatic rings. The molecule has 0 spiro atoms. The molecule has 19 heavy (non-hydrogen) atoms. The fourth-order valence-electron chi connectivity index (χ4n) is 2.13. The maximum atomic E-state index is 12.6. The zero-order chi connectivity index (χ0) is 13.8. The predicted octanol–water partition coefficient (Wildman–Crippen LogP) is 1.58. The molecule has 1 amide bonds. The molecule has 0 aromatic carbocycles. The number of carbonyl (C=O) groups excluding carboxylic acids is 1. The molecule has 0 radical (unpaired) electrons. The van der Waals surface area contributed by atoms with Crippen molar-refractivity contribution in [1.29, 1.82) is 0 Å². The van der Waals surface area contributed by atoms with Gasteiger partial charge in [0.25, 0.3) is 5.91 Å². The number of carbonyl (C=O) groups is 1. The fourth-order valence-corrected chi connectivity index (χ4v) is 2.52. The van der Waals surface area contributed by atoms with Crippen molar-refractivity contribution in [3.05, 3.63) is 23.0 Å². The van der Waals surface area contributed by atoms with Crippen LogP contribution in [-0.2, 0) is 11.2 Å². The van der Waals surface area contributed by atoms with Gasteiger partial charge in [0.1, 0.15) is 0 Å². The molecule has 5 nitrogen and oxygen atoms in total. The van der Waals surface area contributed by atoms with Crippen molar-refractivity contribution in [3.63, 3.8) is 0 Å². The number of amides is 1. The first kappa shape index (κ1) is 14.4. The van der Waals surface area contributed by atoms with Gasteiger partial charge in [-0.15, -0.1) is 0 Å². The highest BCUT2D eigenvalue weighted by Gasteiger charge is 2.26. The highest BCUT2D eigenvalue weighted by atomic mass is 79.9. The van der Waals surface area contributed by atoms with E-state index in [1.54, 1.807) is 0 Å². The largest absolute Gasteiger partial charge is 0.374 e. The molecule has 0 aliphatic carbocycles. The Hall–Kier alpha value is -1.01. The molecular formula is C13H18BrN3O2. The second-order valence-corrected chi connectivity index (χ2v) is 5.25. The minimum absolute atomic E-state index is 0.0316. The van der Waals surface area contributed by atoms with Crippen molar-refractivity contribution in [2.75, 3.05) is 25.0 Å². The Kier molecular flexibility index (Phi) is 4.87. The van der Waals surface area contributed by atoms with Crippen LogP contribution in [0.4, 0.5) is 0 Å². The first-order valence-electron chi connectivity index (χ1n) is 6.45. The zero-order valence-electron chi connectivity index (χ0n) is 11.2. The van der Waals surface area contributed by atoms with Crippen molar-refractivity contribution < 1.29 is 9.53 Å². The van der Waals surface area contributed by atoms with Crippen molar-refractivity contribution in [1.82, 2.24) is 15.1 Å². The maximum Gasteiger partial charge on any atom is 0.256 e. The van der Waals surface area contributed by atoms with E-state index in [9.17, 15) is 4.79 Å². The first-order valence-corrected chi connectivity index (χ1v) is 7.58. The van der Waals surface area contributed by atoms with Crippen LogP contribution < -0.4 is 0 Å². The topological polar surface area (TPSA) is 55.3 Å². The van der Waals surface area contributed by atoms with Crippen LogP contribution in [0, 0.1) is 6.92 Å². The Labute approximate surface area is 121 Å². The van der Waals surface area contributed by atoms with E-state index >= 15 is 0 Å². The summed E-state index contributed by atoms with van der Waals surface area (Å²) in [6.07, 6.45) is 0.777. The summed E-state index contributed by atoms with van der Waals surface area (Å²) >= 11 is 3.40. The summed E-state index contributed by atoms with van der Waals surface area (Å²) in [5.41, 5.74) is 2.20. The summed E-state index contributed by atoms with van der Waals surface area (Å²) in [4.78, 5) is 14.4. The van der Waals surface area contributed by atoms with Crippen LogP contribution in [0.2, 0.25) is 0 Å². The van der Waals surface area contributed by atoms with E-state index in [0.29, 0.717) is 31.7 Å². The monoisotopic (exact) mass is 327 g/mol. The van der Waals surface area contributed by atoms with E-state index in [2.05, 4.69) is 26.1 Å². The predicted molar refractivity (Wildman–Crippen MR) is 75.6 cm³/mol. The Bertz CT molecular complexity index is 467. The molecule has 1 aliphatic heterocycles. The third-order valence-corrected chi connectivity index (χ3v) is 3.88. The van der Waals surface area contributed by atoms with Crippen LogP contribution in [0.3, 0.4) is 0 Å². The third kappa shape index (κ3) is 3.30. The summed E-state index contributed by atoms with van der Waals surface area (Å²) in [7, 11) is 0. The van der Waals surface area contributed by atoms with E-state index in [1.165, 1.54) is 0 Å². The Balaban J connectivity index is 2.21. The van der Waals surface area contributed by atoms with Gasteiger partial charge in [-0.2, -0.15) is 10.2 Å². The third-order valence-electron chi connectivity index (χ3n) is 3.16. The van der Waals surface area contributed by atoms with Gasteiger partial charge in [-0.05, 0) is 19.4 Å². The van der Waals surface area contributed by atoms with Gasteiger partial charge in [0.15, 0.2) is 0 Å². The number of hydrogen-bond acceptors (Lipinski definition) is 4. The van der Waals surface area contributed by atoms with Crippen LogP contribution in [-0.4, -0.2) is 52.1 Å². The van der Waals surface area contributed by atoms with E-state index in [4.69, 9.17) is 4.74 Å². The molecule has 1 fully saturated rings. The van der Waals surface area contributed by atoms with Crippen LogP contribution in [0.25, 0.3) is 0 Å². The minimum atomic E-state index is 0.0316. The summed E-state index contributed by atoms with van der Waals surface area (Å²) < 4.78 is 5.55. The standard InChI is InChI=1S/C13H18BrN3O2/c1-3-12-11(6-9(2)15-16-12)13(18)17-4-5-19-10(7-14)8-17/h6,10H,3-5,7-8H2,1-2H3. The molecular weight excluding hydrogens is 310 g/mol. The molecule has 0 bridgehead atoms. The number of halogens is 1. The second kappa shape index (κ2) is 6.43. The summed E-state index contributed by atoms with van der Waals surface area (Å²) in [5, 5.41) is 8.87. The highest BCUT2D eigenvalue weighted by molar-refractivity contribution is 9.09. The number of aromatic nitrogens is 2. The summed E-state index contributed by atoms with van der Waals surface area (Å²) in [6, 6.07) is 1.83. The van der Waals surface area contributed by atoms with Gasteiger partial charge in [0, 0.05) is 18.4 Å². The summed E-state index contributed by atoms with van der Waals surface area (Å²) in [6.45, 7) is 5.67. The van der Waals surface area contributed by atoms with E-state index < -0.39 is 0 Å². The molecule has 1 aromatic heterocycles. The van der Waals surface area contributed by atoms with Gasteiger partial charge in [0.05, 0.1) is 29.7 Å². The van der Waals surface area contributed by atoms with Crippen molar-refractivity contribution >= 4 is 21.8 Å². The average molecular weight is 328 g/mol. The molecule has 104 valence electrons. The van der Waals surface area contributed by atoms with Gasteiger partial charge in [-0.25, -0.2) is 0 Å². The van der Waals surface area contributed by atoms with E-state index in [-0.39, 0.29) is 12.0 Å². The highest BCUT2D eigenvalue weighted by Crippen LogP contribution is 2.15. The molecule has 1 saturated heterocycles. The number of rotatable bonds is 3. The lowest BCUT2D eigenvalue weighted by Gasteiger charge is -2.32. The van der Waals surface area contributed by atoms with Crippen molar-refractivity contribution in [2.45, 2.75) is 26.4 Å². The lowest BCUT2D eigenvalue weighted by atomic mass is 10.1.